The number of aliphatic hydroxyl groups is 1. The van der Waals surface area contributed by atoms with Crippen LogP contribution in [-0.4, -0.2) is 62.7 Å². The van der Waals surface area contributed by atoms with Crippen molar-refractivity contribution in [2.24, 2.45) is 0 Å². The predicted molar refractivity (Wildman–Crippen MR) is 109 cm³/mol. The Labute approximate surface area is 163 Å². The molecule has 0 aromatic carbocycles. The number of ether oxygens (including phenoxy) is 2. The summed E-state index contributed by atoms with van der Waals surface area (Å²) in [5.74, 6) is 0. The highest BCUT2D eigenvalue weighted by Gasteiger charge is 2.19. The second-order valence-electron chi connectivity index (χ2n) is 6.29. The largest absolute Gasteiger partial charge is 0.394 e. The van der Waals surface area contributed by atoms with E-state index in [9.17, 15) is 0 Å². The Kier molecular flexibility index (Phi) is 8.32. The molecule has 4 nitrogen and oxygen atoms in total. The molecular formula is C20H27NO3S2. The highest BCUT2D eigenvalue weighted by Crippen LogP contribution is 2.34. The Morgan fingerprint density at radius 2 is 1.54 bits per heavy atom. The Bertz CT molecular complexity index is 606. The van der Waals surface area contributed by atoms with E-state index < -0.39 is 0 Å². The smallest absolute Gasteiger partial charge is 0.0701 e. The average Bonchev–Trinajstić information content (AvgIpc) is 3.37. The summed E-state index contributed by atoms with van der Waals surface area (Å²) in [5, 5.41) is 17.5. The maximum atomic E-state index is 8.65. The van der Waals surface area contributed by atoms with E-state index >= 15 is 0 Å². The van der Waals surface area contributed by atoms with Crippen LogP contribution >= 0.6 is 22.7 Å². The summed E-state index contributed by atoms with van der Waals surface area (Å²) in [6, 6.07) is 4.48. The normalized spacial score (nSPS) is 15.5. The van der Waals surface area contributed by atoms with Crippen LogP contribution in [0.4, 0.5) is 0 Å². The van der Waals surface area contributed by atoms with Crippen molar-refractivity contribution in [3.05, 3.63) is 50.4 Å². The van der Waals surface area contributed by atoms with Crippen molar-refractivity contribution in [3.8, 4) is 0 Å². The fourth-order valence-corrected chi connectivity index (χ4v) is 4.56. The van der Waals surface area contributed by atoms with Gasteiger partial charge in [0.1, 0.15) is 0 Å². The molecule has 0 atom stereocenters. The molecule has 1 N–H and O–H groups in total. The Hall–Kier alpha value is -1.02. The van der Waals surface area contributed by atoms with Crippen LogP contribution in [0.2, 0.25) is 0 Å². The van der Waals surface area contributed by atoms with Gasteiger partial charge in [-0.3, -0.25) is 0 Å². The van der Waals surface area contributed by atoms with E-state index in [2.05, 4.69) is 38.6 Å². The van der Waals surface area contributed by atoms with E-state index in [0.29, 0.717) is 19.8 Å². The van der Waals surface area contributed by atoms with Crippen molar-refractivity contribution >= 4 is 28.2 Å². The van der Waals surface area contributed by atoms with E-state index in [4.69, 9.17) is 14.6 Å². The van der Waals surface area contributed by atoms with Crippen LogP contribution in [0.1, 0.15) is 24.0 Å². The van der Waals surface area contributed by atoms with E-state index in [0.717, 1.165) is 39.1 Å². The van der Waals surface area contributed by atoms with Crippen LogP contribution in [0.5, 0.6) is 0 Å². The van der Waals surface area contributed by atoms with Gasteiger partial charge < -0.3 is 19.5 Å². The molecule has 6 heteroatoms. The molecule has 0 spiro atoms. The van der Waals surface area contributed by atoms with Gasteiger partial charge in [0, 0.05) is 19.6 Å². The highest BCUT2D eigenvalue weighted by molar-refractivity contribution is 7.08. The van der Waals surface area contributed by atoms with Gasteiger partial charge in [0.15, 0.2) is 0 Å². The summed E-state index contributed by atoms with van der Waals surface area (Å²) in [6.07, 6.45) is 2.25. The fourth-order valence-electron chi connectivity index (χ4n) is 3.27. The summed E-state index contributed by atoms with van der Waals surface area (Å²) in [7, 11) is 0. The summed E-state index contributed by atoms with van der Waals surface area (Å²) in [4.78, 5) is 2.48. The maximum absolute atomic E-state index is 8.65. The number of likely N-dealkylation sites (tertiary alicyclic amines) is 1. The Morgan fingerprint density at radius 3 is 2.08 bits per heavy atom. The van der Waals surface area contributed by atoms with Gasteiger partial charge in [-0.1, -0.05) is 5.57 Å². The minimum Gasteiger partial charge on any atom is -0.394 e. The van der Waals surface area contributed by atoms with Gasteiger partial charge in [-0.15, -0.1) is 0 Å². The zero-order valence-corrected chi connectivity index (χ0v) is 16.7. The molecular weight excluding hydrogens is 366 g/mol. The van der Waals surface area contributed by atoms with Crippen molar-refractivity contribution in [2.45, 2.75) is 12.8 Å². The summed E-state index contributed by atoms with van der Waals surface area (Å²) >= 11 is 3.54. The van der Waals surface area contributed by atoms with Crippen molar-refractivity contribution in [2.75, 3.05) is 52.7 Å². The van der Waals surface area contributed by atoms with Crippen molar-refractivity contribution < 1.29 is 14.6 Å². The van der Waals surface area contributed by atoms with Crippen molar-refractivity contribution in [3.63, 3.8) is 0 Å². The summed E-state index contributed by atoms with van der Waals surface area (Å²) in [6.45, 7) is 5.51. The van der Waals surface area contributed by atoms with Crippen molar-refractivity contribution in [1.29, 1.82) is 0 Å². The minimum atomic E-state index is 0.0718. The topological polar surface area (TPSA) is 41.9 Å². The lowest BCUT2D eigenvalue weighted by atomic mass is 9.91. The van der Waals surface area contributed by atoms with Crippen LogP contribution in [0.15, 0.2) is 39.2 Å². The van der Waals surface area contributed by atoms with Crippen LogP contribution in [0.3, 0.4) is 0 Å². The average molecular weight is 394 g/mol. The first kappa shape index (κ1) is 19.7. The van der Waals surface area contributed by atoms with Gasteiger partial charge in [-0.05, 0) is 63.2 Å². The number of piperidine rings is 1. The number of thiophene rings is 2. The lowest BCUT2D eigenvalue weighted by molar-refractivity contribution is 0.0260. The molecule has 1 aliphatic rings. The summed E-state index contributed by atoms with van der Waals surface area (Å²) < 4.78 is 10.8. The first-order valence-corrected chi connectivity index (χ1v) is 11.0. The van der Waals surface area contributed by atoms with Crippen LogP contribution < -0.4 is 0 Å². The molecule has 0 radical (unpaired) electrons. The minimum absolute atomic E-state index is 0.0718. The number of hydrogen-bond donors (Lipinski definition) is 1. The lowest BCUT2D eigenvalue weighted by Gasteiger charge is -2.29. The van der Waals surface area contributed by atoms with E-state index in [-0.39, 0.29) is 6.61 Å². The zero-order chi connectivity index (χ0) is 18.0. The molecule has 26 heavy (non-hydrogen) atoms. The maximum Gasteiger partial charge on any atom is 0.0701 e. The summed E-state index contributed by atoms with van der Waals surface area (Å²) in [5.41, 5.74) is 5.76. The first-order valence-electron chi connectivity index (χ1n) is 9.14. The highest BCUT2D eigenvalue weighted by atomic mass is 32.1. The van der Waals surface area contributed by atoms with Gasteiger partial charge in [0.2, 0.25) is 0 Å². The second kappa shape index (κ2) is 11.0. The molecule has 3 rings (SSSR count). The Morgan fingerprint density at radius 1 is 0.923 bits per heavy atom. The molecule has 1 aliphatic heterocycles. The quantitative estimate of drug-likeness (QED) is 0.625. The standard InChI is InChI=1S/C20H27NO3S2/c22-8-10-24-12-11-23-9-7-21-5-1-17(2-6-21)20(18-3-13-25-15-18)19-4-14-26-16-19/h3-4,13-16,22H,1-2,5-12H2. The number of rotatable bonds is 10. The molecule has 0 unspecified atom stereocenters. The number of nitrogens with zero attached hydrogens (tertiary/aromatic N) is 1. The molecule has 0 bridgehead atoms. The van der Waals surface area contributed by atoms with Crippen LogP contribution in [0, 0.1) is 0 Å². The molecule has 0 saturated carbocycles. The molecule has 1 fully saturated rings. The molecule has 0 amide bonds. The number of aliphatic hydroxyl groups excluding tert-OH is 1. The van der Waals surface area contributed by atoms with Gasteiger partial charge in [0.05, 0.1) is 33.0 Å². The van der Waals surface area contributed by atoms with E-state index in [1.54, 1.807) is 28.2 Å². The molecule has 2 aromatic heterocycles. The third-order valence-electron chi connectivity index (χ3n) is 4.59. The SMILES string of the molecule is OCCOCCOCCN1CCC(=C(c2ccsc2)c2ccsc2)CC1. The van der Waals surface area contributed by atoms with Gasteiger partial charge in [0.25, 0.3) is 0 Å². The van der Waals surface area contributed by atoms with E-state index in [1.165, 1.54) is 16.7 Å². The molecule has 142 valence electrons. The first-order chi connectivity index (χ1) is 12.9. The fraction of sp³-hybridized carbons (Fsp3) is 0.500. The van der Waals surface area contributed by atoms with Crippen LogP contribution in [0.25, 0.3) is 5.57 Å². The molecule has 2 aromatic rings. The third kappa shape index (κ3) is 5.74. The molecule has 1 saturated heterocycles. The van der Waals surface area contributed by atoms with Gasteiger partial charge >= 0.3 is 0 Å². The van der Waals surface area contributed by atoms with Gasteiger partial charge in [-0.25, -0.2) is 0 Å². The molecule has 3 heterocycles. The predicted octanol–water partition coefficient (Wildman–Crippen LogP) is 3.73. The zero-order valence-electron chi connectivity index (χ0n) is 15.1. The van der Waals surface area contributed by atoms with E-state index in [1.807, 2.05) is 0 Å². The van der Waals surface area contributed by atoms with Gasteiger partial charge in [-0.2, -0.15) is 22.7 Å². The third-order valence-corrected chi connectivity index (χ3v) is 5.96. The number of hydrogen-bond acceptors (Lipinski definition) is 6. The Balaban J connectivity index is 1.48. The second-order valence-corrected chi connectivity index (χ2v) is 7.85. The molecule has 0 aliphatic carbocycles. The lowest BCUT2D eigenvalue weighted by Crippen LogP contribution is -2.34. The van der Waals surface area contributed by atoms with Crippen LogP contribution in [-0.2, 0) is 9.47 Å². The monoisotopic (exact) mass is 393 g/mol. The van der Waals surface area contributed by atoms with Crippen molar-refractivity contribution in [1.82, 2.24) is 4.90 Å².